The van der Waals surface area contributed by atoms with Gasteiger partial charge in [0.25, 0.3) is 0 Å². The van der Waals surface area contributed by atoms with Crippen LogP contribution in [0, 0.1) is 5.92 Å². The van der Waals surface area contributed by atoms with Crippen molar-refractivity contribution in [1.82, 2.24) is 0 Å². The molecule has 0 bridgehead atoms. The average molecular weight is 376 g/mol. The fourth-order valence-electron chi connectivity index (χ4n) is 2.71. The van der Waals surface area contributed by atoms with Crippen molar-refractivity contribution >= 4 is 17.9 Å². The van der Waals surface area contributed by atoms with Crippen LogP contribution in [0.3, 0.4) is 0 Å². The summed E-state index contributed by atoms with van der Waals surface area (Å²) in [5, 5.41) is 0. The Balaban J connectivity index is 1.75. The van der Waals surface area contributed by atoms with E-state index in [1.807, 2.05) is 0 Å². The van der Waals surface area contributed by atoms with Crippen molar-refractivity contribution in [1.29, 1.82) is 0 Å². The van der Waals surface area contributed by atoms with Gasteiger partial charge in [0.2, 0.25) is 0 Å². The fraction of sp³-hybridized carbons (Fsp3) is 0.286. The van der Waals surface area contributed by atoms with Gasteiger partial charge in [-0.15, -0.1) is 13.2 Å². The highest BCUT2D eigenvalue weighted by molar-refractivity contribution is 5.97. The molecule has 0 aliphatic heterocycles. The lowest BCUT2D eigenvalue weighted by Crippen LogP contribution is -2.16. The summed E-state index contributed by atoms with van der Waals surface area (Å²) < 4.78 is 45.8. The van der Waals surface area contributed by atoms with E-state index in [4.69, 9.17) is 4.74 Å². The zero-order valence-electron chi connectivity index (χ0n) is 14.8. The molecule has 142 valence electrons. The van der Waals surface area contributed by atoms with Crippen LogP contribution in [0.2, 0.25) is 0 Å². The molecule has 2 aromatic carbocycles. The summed E-state index contributed by atoms with van der Waals surface area (Å²) in [6.45, 7) is 0. The standard InChI is InChI=1S/C21H19F3O3/c1-26-20-11-8-16(19(25)12-15-2-3-15)13-17(20)7-4-14-5-9-18(10-6-14)27-21(22,23)24/h4-11,13,15H,2-3,12H2,1H3/b7-4+. The Labute approximate surface area is 155 Å². The van der Waals surface area contributed by atoms with Gasteiger partial charge in [-0.3, -0.25) is 4.79 Å². The molecule has 1 aliphatic carbocycles. The molecule has 0 spiro atoms. The van der Waals surface area contributed by atoms with E-state index < -0.39 is 6.36 Å². The van der Waals surface area contributed by atoms with Crippen LogP contribution in [0.1, 0.15) is 40.7 Å². The van der Waals surface area contributed by atoms with E-state index >= 15 is 0 Å². The maximum Gasteiger partial charge on any atom is 0.573 e. The zero-order chi connectivity index (χ0) is 19.4. The molecule has 0 amide bonds. The first-order valence-electron chi connectivity index (χ1n) is 8.59. The van der Waals surface area contributed by atoms with Crippen molar-refractivity contribution in [3.05, 3.63) is 59.2 Å². The van der Waals surface area contributed by atoms with Crippen LogP contribution in [0.4, 0.5) is 13.2 Å². The van der Waals surface area contributed by atoms with Crippen LogP contribution in [-0.4, -0.2) is 19.3 Å². The Morgan fingerprint density at radius 1 is 1.11 bits per heavy atom. The number of methoxy groups -OCH3 is 1. The van der Waals surface area contributed by atoms with Gasteiger partial charge >= 0.3 is 6.36 Å². The summed E-state index contributed by atoms with van der Waals surface area (Å²) in [5.74, 6) is 0.968. The van der Waals surface area contributed by atoms with E-state index in [1.54, 1.807) is 37.5 Å². The van der Waals surface area contributed by atoms with Crippen molar-refractivity contribution < 1.29 is 27.4 Å². The quantitative estimate of drug-likeness (QED) is 0.456. The van der Waals surface area contributed by atoms with Crippen LogP contribution in [0.15, 0.2) is 42.5 Å². The average Bonchev–Trinajstić information content (AvgIpc) is 3.43. The molecule has 0 atom stereocenters. The third-order valence-electron chi connectivity index (χ3n) is 4.29. The number of ether oxygens (including phenoxy) is 2. The van der Waals surface area contributed by atoms with Crippen LogP contribution in [-0.2, 0) is 0 Å². The summed E-state index contributed by atoms with van der Waals surface area (Å²) in [7, 11) is 1.54. The van der Waals surface area contributed by atoms with Crippen LogP contribution < -0.4 is 9.47 Å². The molecule has 3 nitrogen and oxygen atoms in total. The molecule has 0 radical (unpaired) electrons. The Hall–Kier alpha value is -2.76. The molecule has 0 unspecified atom stereocenters. The number of alkyl halides is 3. The third-order valence-corrected chi connectivity index (χ3v) is 4.29. The largest absolute Gasteiger partial charge is 0.573 e. The second-order valence-electron chi connectivity index (χ2n) is 6.48. The summed E-state index contributed by atoms with van der Waals surface area (Å²) in [5.41, 5.74) is 2.06. The smallest absolute Gasteiger partial charge is 0.496 e. The minimum atomic E-state index is -4.71. The molecule has 0 N–H and O–H groups in total. The highest BCUT2D eigenvalue weighted by Gasteiger charge is 2.30. The lowest BCUT2D eigenvalue weighted by molar-refractivity contribution is -0.274. The Morgan fingerprint density at radius 2 is 1.81 bits per heavy atom. The van der Waals surface area contributed by atoms with Crippen LogP contribution in [0.5, 0.6) is 11.5 Å². The number of halogens is 3. The topological polar surface area (TPSA) is 35.5 Å². The minimum absolute atomic E-state index is 0.114. The van der Waals surface area contributed by atoms with Gasteiger partial charge in [-0.2, -0.15) is 0 Å². The Kier molecular flexibility index (Phi) is 5.54. The third kappa shape index (κ3) is 5.61. The van der Waals surface area contributed by atoms with Gasteiger partial charge in [0.15, 0.2) is 5.78 Å². The SMILES string of the molecule is COc1ccc(C(=O)CC2CC2)cc1/C=C/c1ccc(OC(F)(F)F)cc1. The van der Waals surface area contributed by atoms with E-state index in [0.717, 1.165) is 18.4 Å². The highest BCUT2D eigenvalue weighted by atomic mass is 19.4. The zero-order valence-corrected chi connectivity index (χ0v) is 14.8. The van der Waals surface area contributed by atoms with Crippen molar-refractivity contribution in [3.63, 3.8) is 0 Å². The second kappa shape index (κ2) is 7.86. The van der Waals surface area contributed by atoms with Crippen molar-refractivity contribution in [2.75, 3.05) is 7.11 Å². The van der Waals surface area contributed by atoms with Gasteiger partial charge in [0.05, 0.1) is 7.11 Å². The van der Waals surface area contributed by atoms with E-state index in [0.29, 0.717) is 29.2 Å². The molecular weight excluding hydrogens is 357 g/mol. The molecule has 0 aromatic heterocycles. The van der Waals surface area contributed by atoms with Gasteiger partial charge in [-0.05, 0) is 54.7 Å². The number of ketones is 1. The van der Waals surface area contributed by atoms with Gasteiger partial charge in [-0.1, -0.05) is 24.3 Å². The molecule has 3 rings (SSSR count). The van der Waals surface area contributed by atoms with Gasteiger partial charge < -0.3 is 9.47 Å². The maximum absolute atomic E-state index is 12.3. The molecule has 1 aliphatic rings. The van der Waals surface area contributed by atoms with Gasteiger partial charge in [-0.25, -0.2) is 0 Å². The van der Waals surface area contributed by atoms with Crippen LogP contribution in [0.25, 0.3) is 12.2 Å². The number of carbonyl (C=O) groups excluding carboxylic acids is 1. The fourth-order valence-corrected chi connectivity index (χ4v) is 2.71. The van der Waals surface area contributed by atoms with E-state index in [9.17, 15) is 18.0 Å². The van der Waals surface area contributed by atoms with Gasteiger partial charge in [0.1, 0.15) is 11.5 Å². The molecule has 0 saturated heterocycles. The Bertz CT molecular complexity index is 835. The van der Waals surface area contributed by atoms with Gasteiger partial charge in [0, 0.05) is 17.5 Å². The Morgan fingerprint density at radius 3 is 2.41 bits per heavy atom. The molecular formula is C21H19F3O3. The number of rotatable bonds is 7. The normalized spacial score (nSPS) is 14.4. The molecule has 0 heterocycles. The van der Waals surface area contributed by atoms with Crippen molar-refractivity contribution in [2.24, 2.45) is 5.92 Å². The van der Waals surface area contributed by atoms with Crippen LogP contribution >= 0.6 is 0 Å². The lowest BCUT2D eigenvalue weighted by atomic mass is 10.0. The van der Waals surface area contributed by atoms with Crippen molar-refractivity contribution in [2.45, 2.75) is 25.6 Å². The summed E-state index contributed by atoms with van der Waals surface area (Å²) >= 11 is 0. The summed E-state index contributed by atoms with van der Waals surface area (Å²) in [4.78, 5) is 12.3. The number of benzene rings is 2. The lowest BCUT2D eigenvalue weighted by Gasteiger charge is -2.09. The summed E-state index contributed by atoms with van der Waals surface area (Å²) in [6.07, 6.45) is 1.59. The maximum atomic E-state index is 12.3. The molecule has 1 saturated carbocycles. The van der Waals surface area contributed by atoms with E-state index in [-0.39, 0.29) is 11.5 Å². The molecule has 27 heavy (non-hydrogen) atoms. The first-order chi connectivity index (χ1) is 12.8. The van der Waals surface area contributed by atoms with Crippen molar-refractivity contribution in [3.8, 4) is 11.5 Å². The van der Waals surface area contributed by atoms with E-state index in [1.165, 1.54) is 24.3 Å². The monoisotopic (exact) mass is 376 g/mol. The molecule has 1 fully saturated rings. The predicted octanol–water partition coefficient (Wildman–Crippen LogP) is 5.75. The number of Topliss-reactive ketones (excluding diaryl/α,β-unsaturated/α-hetero) is 1. The minimum Gasteiger partial charge on any atom is -0.496 e. The molecule has 6 heteroatoms. The molecule has 2 aromatic rings. The highest BCUT2D eigenvalue weighted by Crippen LogP contribution is 2.34. The summed E-state index contributed by atoms with van der Waals surface area (Å²) in [6, 6.07) is 10.8. The number of carbonyl (C=O) groups is 1. The second-order valence-corrected chi connectivity index (χ2v) is 6.48. The first kappa shape index (κ1) is 19.0. The van der Waals surface area contributed by atoms with E-state index in [2.05, 4.69) is 4.74 Å². The number of hydrogen-bond donors (Lipinski definition) is 0. The predicted molar refractivity (Wildman–Crippen MR) is 96.7 cm³/mol. The first-order valence-corrected chi connectivity index (χ1v) is 8.59. The number of hydrogen-bond acceptors (Lipinski definition) is 3.